The highest BCUT2D eigenvalue weighted by Crippen LogP contribution is 2.30. The molecule has 3 aromatic heterocycles. The van der Waals surface area contributed by atoms with E-state index in [1.54, 1.807) is 32.2 Å². The molecule has 11 N–H and O–H groups in total. The maximum atomic E-state index is 13.5. The number of H-pyrrole nitrogens is 1. The number of tetrazole rings is 1. The SMILES string of the molecule is CC(C)[C@H](NC(=O)CCCCCN1C(=O)C=CC1=O)C(=O)N[C@@H](C)C(=O)Nc1ccc(C(=O)NCCC[C@H](NC(=O)c2ccc3c(c2)CCCN3Cc2cnc3nc(N)nc(N)c3n2)C(=O)O)c(-c2nn[nH]n2)c1. The first-order chi connectivity index (χ1) is 35.4. The molecule has 5 aromatic rings. The van der Waals surface area contributed by atoms with Crippen LogP contribution in [0.4, 0.5) is 23.1 Å². The summed E-state index contributed by atoms with van der Waals surface area (Å²) in [5.74, 6) is -4.81. The number of benzene rings is 2. The number of carboxylic acids is 1. The standard InChI is InChI=1S/C48H57N17O9/c1-25(2)38(57-35(66)11-5-4-6-20-65-36(67)16-17-37(65)68)46(72)53-26(3)43(69)55-29-13-14-31(32(22-29)41-60-62-63-61-41)45(71)51-18-7-10-33(47(73)74)56-44(70)28-12-15-34-27(21-28)9-8-19-64(34)24-30-23-52-42-39(54-30)40(49)58-48(50)59-42/h12-17,21-23,25-26,33,38H,4-11,18-20,24H2,1-3H3,(H,51,71)(H,53,72)(H,55,69)(H,56,70)(H,57,66)(H,73,74)(H,60,61,62,63)(H4,49,50,52,58,59)/t26-,33-,38-/m0/s1. The van der Waals surface area contributed by atoms with Crippen molar-refractivity contribution in [1.82, 2.24) is 66.7 Å². The van der Waals surface area contributed by atoms with Gasteiger partial charge in [-0.15, -0.1) is 10.2 Å². The van der Waals surface area contributed by atoms with Gasteiger partial charge >= 0.3 is 5.97 Å². The van der Waals surface area contributed by atoms with Gasteiger partial charge in [-0.25, -0.2) is 14.8 Å². The lowest BCUT2D eigenvalue weighted by Crippen LogP contribution is -2.53. The highest BCUT2D eigenvalue weighted by Gasteiger charge is 2.29. The zero-order chi connectivity index (χ0) is 53.1. The smallest absolute Gasteiger partial charge is 0.326 e. The van der Waals surface area contributed by atoms with Crippen molar-refractivity contribution in [3.8, 4) is 11.4 Å². The molecule has 0 bridgehead atoms. The molecular formula is C48H57N17O9. The predicted molar refractivity (Wildman–Crippen MR) is 267 cm³/mol. The van der Waals surface area contributed by atoms with Gasteiger partial charge in [0.2, 0.25) is 29.5 Å². The lowest BCUT2D eigenvalue weighted by atomic mass is 9.98. The van der Waals surface area contributed by atoms with Crippen LogP contribution in [0, 0.1) is 5.92 Å². The van der Waals surface area contributed by atoms with Crippen molar-refractivity contribution in [3.63, 3.8) is 0 Å². The van der Waals surface area contributed by atoms with Gasteiger partial charge in [0, 0.05) is 60.7 Å². The van der Waals surface area contributed by atoms with Crippen molar-refractivity contribution in [3.05, 3.63) is 77.1 Å². The minimum atomic E-state index is -1.26. The number of hydrogen-bond acceptors (Lipinski definition) is 18. The number of aliphatic carboxylic acids is 1. The molecule has 0 fully saturated rings. The summed E-state index contributed by atoms with van der Waals surface area (Å²) in [6, 6.07) is 6.29. The number of unbranched alkanes of at least 4 members (excludes halogenated alkanes) is 2. The summed E-state index contributed by atoms with van der Waals surface area (Å²) in [6.07, 6.45) is 7.39. The number of nitrogens with zero attached hydrogens (tertiary/aromatic N) is 9. The summed E-state index contributed by atoms with van der Waals surface area (Å²) in [5, 5.41) is 37.4. The number of carbonyl (C=O) groups excluding carboxylic acids is 7. The molecule has 0 aliphatic carbocycles. The number of carboxylic acid groups (broad SMARTS) is 1. The van der Waals surface area contributed by atoms with Gasteiger partial charge in [-0.3, -0.25) is 38.5 Å². The second-order valence-electron chi connectivity index (χ2n) is 18.1. The molecule has 0 saturated carbocycles. The Hall–Kier alpha value is -8.97. The molecule has 2 aromatic carbocycles. The Bertz CT molecular complexity index is 2970. The molecule has 5 heterocycles. The molecule has 26 heteroatoms. The van der Waals surface area contributed by atoms with Gasteiger partial charge < -0.3 is 48.1 Å². The summed E-state index contributed by atoms with van der Waals surface area (Å²) in [4.78, 5) is 122. The van der Waals surface area contributed by atoms with Crippen LogP contribution in [0.2, 0.25) is 0 Å². The van der Waals surface area contributed by atoms with Crippen molar-refractivity contribution in [2.24, 2.45) is 5.92 Å². The van der Waals surface area contributed by atoms with E-state index in [0.29, 0.717) is 49.0 Å². The van der Waals surface area contributed by atoms with E-state index in [1.165, 1.54) is 37.3 Å². The number of aromatic amines is 1. The minimum absolute atomic E-state index is 0.00122. The number of anilines is 4. The van der Waals surface area contributed by atoms with Gasteiger partial charge in [0.05, 0.1) is 24.0 Å². The second kappa shape index (κ2) is 24.0. The number of aromatic nitrogens is 8. The number of nitrogens with two attached hydrogens (primary N) is 2. The fourth-order valence-corrected chi connectivity index (χ4v) is 8.40. The molecule has 26 nitrogen and oxygen atoms in total. The molecule has 0 unspecified atom stereocenters. The number of nitrogen functional groups attached to an aromatic ring is 2. The lowest BCUT2D eigenvalue weighted by Gasteiger charge is -2.31. The van der Waals surface area contributed by atoms with Gasteiger partial charge in [0.1, 0.15) is 18.1 Å². The average Bonchev–Trinajstić information content (AvgIpc) is 4.03. The molecule has 2 aliphatic heterocycles. The topological polar surface area (TPSA) is 381 Å². The first-order valence-corrected chi connectivity index (χ1v) is 24.0. The van der Waals surface area contributed by atoms with Crippen LogP contribution in [0.3, 0.4) is 0 Å². The van der Waals surface area contributed by atoms with E-state index in [-0.39, 0.29) is 96.0 Å². The molecule has 7 rings (SSSR count). The van der Waals surface area contributed by atoms with Crippen molar-refractivity contribution in [2.45, 2.75) is 96.8 Å². The third-order valence-corrected chi connectivity index (χ3v) is 12.3. The summed E-state index contributed by atoms with van der Waals surface area (Å²) in [5.41, 5.74) is 15.6. The van der Waals surface area contributed by atoms with Gasteiger partial charge in [-0.05, 0) is 98.5 Å². The maximum Gasteiger partial charge on any atom is 0.326 e. The van der Waals surface area contributed by atoms with Crippen LogP contribution in [-0.2, 0) is 41.7 Å². The van der Waals surface area contributed by atoms with Gasteiger partial charge in [-0.1, -0.05) is 20.3 Å². The number of aryl methyl sites for hydroxylation is 1. The van der Waals surface area contributed by atoms with Crippen LogP contribution in [0.25, 0.3) is 22.6 Å². The summed E-state index contributed by atoms with van der Waals surface area (Å²) in [6.45, 7) is 6.38. The summed E-state index contributed by atoms with van der Waals surface area (Å²) >= 11 is 0. The summed E-state index contributed by atoms with van der Waals surface area (Å²) in [7, 11) is 0. The summed E-state index contributed by atoms with van der Waals surface area (Å²) < 4.78 is 0. The third-order valence-electron chi connectivity index (χ3n) is 12.3. The third kappa shape index (κ3) is 13.3. The monoisotopic (exact) mass is 1020 g/mol. The number of hydrogen-bond donors (Lipinski definition) is 9. The van der Waals surface area contributed by atoms with E-state index in [0.717, 1.165) is 29.1 Å². The van der Waals surface area contributed by atoms with Gasteiger partial charge in [0.15, 0.2) is 17.0 Å². The number of amides is 7. The Morgan fingerprint density at radius 3 is 2.38 bits per heavy atom. The van der Waals surface area contributed by atoms with E-state index >= 15 is 0 Å². The van der Waals surface area contributed by atoms with Crippen molar-refractivity contribution in [1.29, 1.82) is 0 Å². The fraction of sp³-hybridized carbons (Fsp3) is 0.396. The van der Waals surface area contributed by atoms with Crippen molar-refractivity contribution >= 4 is 81.6 Å². The number of fused-ring (bicyclic) bond motifs is 2. The molecular weight excluding hydrogens is 959 g/mol. The number of imide groups is 1. The van der Waals surface area contributed by atoms with Crippen LogP contribution in [0.15, 0.2) is 54.7 Å². The first-order valence-electron chi connectivity index (χ1n) is 24.0. The Balaban J connectivity index is 0.881. The number of rotatable bonds is 23. The molecule has 0 saturated heterocycles. The maximum absolute atomic E-state index is 13.5. The molecule has 3 atom stereocenters. The molecule has 7 amide bonds. The van der Waals surface area contributed by atoms with Crippen molar-refractivity contribution in [2.75, 3.05) is 41.3 Å². The Morgan fingerprint density at radius 1 is 0.865 bits per heavy atom. The van der Waals surface area contributed by atoms with Crippen LogP contribution < -0.4 is 43.0 Å². The fourth-order valence-electron chi connectivity index (χ4n) is 8.40. The zero-order valence-corrected chi connectivity index (χ0v) is 40.9. The van der Waals surface area contributed by atoms with Crippen LogP contribution in [0.1, 0.15) is 97.7 Å². The van der Waals surface area contributed by atoms with Gasteiger partial charge in [-0.2, -0.15) is 15.2 Å². The van der Waals surface area contributed by atoms with Crippen LogP contribution >= 0.6 is 0 Å². The van der Waals surface area contributed by atoms with E-state index in [9.17, 15) is 43.5 Å². The quantitative estimate of drug-likeness (QED) is 0.0328. The Morgan fingerprint density at radius 2 is 1.65 bits per heavy atom. The van der Waals surface area contributed by atoms with E-state index < -0.39 is 47.7 Å². The second-order valence-corrected chi connectivity index (χ2v) is 18.1. The Labute approximate surface area is 423 Å². The predicted octanol–water partition coefficient (Wildman–Crippen LogP) is 1.18. The first kappa shape index (κ1) is 52.8. The molecule has 0 spiro atoms. The van der Waals surface area contributed by atoms with Crippen LogP contribution in [0.5, 0.6) is 0 Å². The highest BCUT2D eigenvalue weighted by atomic mass is 16.4. The van der Waals surface area contributed by atoms with Crippen molar-refractivity contribution < 1.29 is 43.5 Å². The number of carbonyl (C=O) groups is 8. The lowest BCUT2D eigenvalue weighted by molar-refractivity contribution is -0.139. The van der Waals surface area contributed by atoms with Gasteiger partial charge in [0.25, 0.3) is 23.6 Å². The minimum Gasteiger partial charge on any atom is -0.480 e. The molecule has 0 radical (unpaired) electrons. The average molecular weight is 1020 g/mol. The number of nitrogens with one attached hydrogen (secondary N) is 6. The van der Waals surface area contributed by atoms with Crippen LogP contribution in [-0.4, -0.2) is 136 Å². The van der Waals surface area contributed by atoms with E-state index in [2.05, 4.69) is 72.0 Å². The van der Waals surface area contributed by atoms with E-state index in [4.69, 9.17) is 11.5 Å². The molecule has 388 valence electrons. The normalized spacial score (nSPS) is 14.3. The van der Waals surface area contributed by atoms with E-state index in [1.807, 2.05) is 6.07 Å². The highest BCUT2D eigenvalue weighted by molar-refractivity contribution is 6.13. The Kier molecular flexibility index (Phi) is 17.1. The zero-order valence-electron chi connectivity index (χ0n) is 40.9. The molecule has 74 heavy (non-hydrogen) atoms. The largest absolute Gasteiger partial charge is 0.480 e. The molecule has 2 aliphatic rings.